The van der Waals surface area contributed by atoms with E-state index in [-0.39, 0.29) is 17.1 Å². The van der Waals surface area contributed by atoms with Crippen molar-refractivity contribution >= 4 is 22.4 Å². The quantitative estimate of drug-likeness (QED) is 0.217. The summed E-state index contributed by atoms with van der Waals surface area (Å²) in [4.78, 5) is 24.7. The van der Waals surface area contributed by atoms with E-state index >= 15 is 0 Å². The van der Waals surface area contributed by atoms with E-state index in [1.165, 1.54) is 24.7 Å². The molecule has 6 N–H and O–H groups in total. The molecular weight excluding hydrogens is 412 g/mol. The van der Waals surface area contributed by atoms with E-state index in [4.69, 9.17) is 15.1 Å². The normalized spacial score (nSPS) is 18.7. The van der Waals surface area contributed by atoms with Gasteiger partial charge >= 0.3 is 0 Å². The highest BCUT2D eigenvalue weighted by molar-refractivity contribution is 8.25. The predicted octanol–water partition coefficient (Wildman–Crippen LogP) is 0.566. The van der Waals surface area contributed by atoms with Gasteiger partial charge in [0.25, 0.3) is 11.8 Å². The third kappa shape index (κ3) is 5.97. The van der Waals surface area contributed by atoms with Crippen molar-refractivity contribution in [2.75, 3.05) is 18.6 Å². The Bertz CT molecular complexity index is 899. The van der Waals surface area contributed by atoms with Crippen molar-refractivity contribution in [3.8, 4) is 23.7 Å². The van der Waals surface area contributed by atoms with Gasteiger partial charge in [0.1, 0.15) is 11.6 Å². The van der Waals surface area contributed by atoms with Crippen LogP contribution in [0.2, 0.25) is 0 Å². The highest BCUT2D eigenvalue weighted by Crippen LogP contribution is 2.56. The molecule has 0 spiro atoms. The summed E-state index contributed by atoms with van der Waals surface area (Å²) in [6.45, 7) is 1.63. The van der Waals surface area contributed by atoms with Crippen LogP contribution in [0, 0.1) is 23.7 Å². The van der Waals surface area contributed by atoms with Gasteiger partial charge in [-0.3, -0.25) is 23.9 Å². The molecule has 162 valence electrons. The van der Waals surface area contributed by atoms with Crippen LogP contribution in [0.3, 0.4) is 0 Å². The fourth-order valence-corrected chi connectivity index (χ4v) is 4.96. The van der Waals surface area contributed by atoms with E-state index in [9.17, 15) is 18.7 Å². The third-order valence-corrected chi connectivity index (χ3v) is 6.34. The molecule has 0 bridgehead atoms. The molecule has 0 aliphatic carbocycles. The van der Waals surface area contributed by atoms with Crippen LogP contribution in [0.5, 0.6) is 0 Å². The van der Waals surface area contributed by atoms with E-state index in [2.05, 4.69) is 29.0 Å². The average molecular weight is 436 g/mol. The zero-order chi connectivity index (χ0) is 22.4. The number of amides is 2. The maximum absolute atomic E-state index is 12.6. The summed E-state index contributed by atoms with van der Waals surface area (Å²) in [5.41, 5.74) is 0.982. The van der Waals surface area contributed by atoms with Crippen molar-refractivity contribution in [1.29, 1.82) is 0 Å². The second kappa shape index (κ2) is 9.96. The van der Waals surface area contributed by atoms with Gasteiger partial charge in [-0.2, -0.15) is 10.6 Å². The molecular formula is C20H24N2O7S. The lowest BCUT2D eigenvalue weighted by molar-refractivity contribution is -0.138. The zero-order valence-electron chi connectivity index (χ0n) is 16.5. The van der Waals surface area contributed by atoms with Crippen molar-refractivity contribution in [1.82, 2.24) is 10.8 Å². The molecule has 1 fully saturated rings. The number of hydrogen-bond donors (Lipinski definition) is 6. The Kier molecular flexibility index (Phi) is 7.87. The van der Waals surface area contributed by atoms with Crippen LogP contribution in [-0.2, 0) is 9.53 Å². The number of ether oxygens (including phenoxy) is 1. The molecule has 2 amide bonds. The minimum atomic E-state index is -2.89. The molecule has 2 unspecified atom stereocenters. The molecule has 1 aromatic rings. The molecule has 0 saturated carbocycles. The highest BCUT2D eigenvalue weighted by atomic mass is 32.3. The second-order valence-electron chi connectivity index (χ2n) is 6.92. The van der Waals surface area contributed by atoms with Gasteiger partial charge in [-0.05, 0) is 43.0 Å². The number of aliphatic hydroxyl groups is 1. The Hall–Kier alpha value is -2.57. The number of benzene rings is 1. The molecule has 0 aromatic heterocycles. The molecule has 0 radical (unpaired) electrons. The number of carbonyl (C=O) groups is 2. The molecule has 10 heteroatoms. The maximum atomic E-state index is 12.6. The summed E-state index contributed by atoms with van der Waals surface area (Å²) in [5.74, 6) is 8.77. The van der Waals surface area contributed by atoms with Crippen LogP contribution in [0.15, 0.2) is 24.3 Å². The van der Waals surface area contributed by atoms with Crippen LogP contribution in [0.4, 0.5) is 0 Å². The Balaban J connectivity index is 2.10. The van der Waals surface area contributed by atoms with Crippen molar-refractivity contribution in [2.24, 2.45) is 0 Å². The lowest BCUT2D eigenvalue weighted by Crippen LogP contribution is -2.69. The number of hydroxylamine groups is 1. The molecule has 1 saturated heterocycles. The fourth-order valence-electron chi connectivity index (χ4n) is 2.91. The number of rotatable bonds is 6. The number of nitrogens with one attached hydrogen (secondary N) is 2. The molecule has 2 rings (SSSR count). The number of hydrogen-bond acceptors (Lipinski definition) is 7. The molecule has 1 aliphatic heterocycles. The standard InChI is InChI=1S/C20H24N2O7S/c1-14(23)6-4-3-5-7-15-8-10-16(11-9-15)18(24)21-17(19(25)22-26)20(29-2)12-30(27,28)13-20/h8-11,14,17,23,26-28H,6,12-13H2,1-2H3,(H,21,24)(H,22,25). The summed E-state index contributed by atoms with van der Waals surface area (Å²) < 4.78 is 24.7. The number of aliphatic hydroxyl groups excluding tert-OH is 1. The largest absolute Gasteiger partial charge is 0.392 e. The van der Waals surface area contributed by atoms with Gasteiger partial charge in [0.05, 0.1) is 17.6 Å². The summed E-state index contributed by atoms with van der Waals surface area (Å²) in [6, 6.07) is 4.88. The lowest BCUT2D eigenvalue weighted by atomic mass is 9.95. The van der Waals surface area contributed by atoms with Gasteiger partial charge < -0.3 is 15.2 Å². The van der Waals surface area contributed by atoms with Crippen molar-refractivity contribution < 1.29 is 33.7 Å². The topological polar surface area (TPSA) is 148 Å². The average Bonchev–Trinajstić information content (AvgIpc) is 2.69. The minimum Gasteiger partial charge on any atom is -0.392 e. The number of methoxy groups -OCH3 is 1. The van der Waals surface area contributed by atoms with Crippen LogP contribution in [0.25, 0.3) is 0 Å². The van der Waals surface area contributed by atoms with Gasteiger partial charge in [-0.15, -0.1) is 0 Å². The van der Waals surface area contributed by atoms with Gasteiger partial charge in [0, 0.05) is 24.7 Å². The van der Waals surface area contributed by atoms with Crippen LogP contribution < -0.4 is 10.8 Å². The molecule has 9 nitrogen and oxygen atoms in total. The monoisotopic (exact) mass is 436 g/mol. The molecule has 1 aromatic carbocycles. The van der Waals surface area contributed by atoms with Gasteiger partial charge in [-0.1, -0.05) is 11.8 Å². The van der Waals surface area contributed by atoms with E-state index in [1.54, 1.807) is 19.1 Å². The van der Waals surface area contributed by atoms with E-state index in [0.29, 0.717) is 12.0 Å². The molecule has 2 atom stereocenters. The van der Waals surface area contributed by atoms with Crippen molar-refractivity contribution in [3.05, 3.63) is 35.4 Å². The van der Waals surface area contributed by atoms with Crippen LogP contribution >= 0.6 is 10.6 Å². The summed E-state index contributed by atoms with van der Waals surface area (Å²) in [6.07, 6.45) is -0.187. The second-order valence-corrected chi connectivity index (χ2v) is 9.11. The smallest absolute Gasteiger partial charge is 0.269 e. The summed E-state index contributed by atoms with van der Waals surface area (Å²) >= 11 is 0. The zero-order valence-corrected chi connectivity index (χ0v) is 17.3. The number of carbonyl (C=O) groups excluding carboxylic acids is 2. The summed E-state index contributed by atoms with van der Waals surface area (Å²) in [7, 11) is -1.60. The third-order valence-electron chi connectivity index (χ3n) is 4.43. The first-order valence-electron chi connectivity index (χ1n) is 8.93. The Labute approximate surface area is 176 Å². The van der Waals surface area contributed by atoms with E-state index in [0.717, 1.165) is 0 Å². The van der Waals surface area contributed by atoms with Crippen LogP contribution in [0.1, 0.15) is 29.3 Å². The first-order chi connectivity index (χ1) is 14.1. The minimum absolute atomic E-state index is 0.230. The van der Waals surface area contributed by atoms with Crippen molar-refractivity contribution in [3.63, 3.8) is 0 Å². The highest BCUT2D eigenvalue weighted by Gasteiger charge is 2.57. The first-order valence-corrected chi connectivity index (χ1v) is 10.8. The summed E-state index contributed by atoms with van der Waals surface area (Å²) in [5, 5.41) is 20.6. The maximum Gasteiger partial charge on any atom is 0.269 e. The predicted molar refractivity (Wildman–Crippen MR) is 111 cm³/mol. The van der Waals surface area contributed by atoms with E-state index < -0.39 is 40.2 Å². The molecule has 1 aliphatic rings. The van der Waals surface area contributed by atoms with Crippen molar-refractivity contribution in [2.45, 2.75) is 31.1 Å². The van der Waals surface area contributed by atoms with Gasteiger partial charge in [0.2, 0.25) is 0 Å². The van der Waals surface area contributed by atoms with E-state index in [1.807, 2.05) is 0 Å². The Morgan fingerprint density at radius 3 is 2.37 bits per heavy atom. The SMILES string of the molecule is COC1(C(NC(=O)c2ccc(C#CC#CCC(C)O)cc2)C(=O)NO)CS(O)(O)C1. The molecule has 30 heavy (non-hydrogen) atoms. The van der Waals surface area contributed by atoms with Gasteiger partial charge in [-0.25, -0.2) is 5.48 Å². The fraction of sp³-hybridized carbons (Fsp3) is 0.400. The Morgan fingerprint density at radius 1 is 1.23 bits per heavy atom. The van der Waals surface area contributed by atoms with Crippen LogP contribution in [-0.4, -0.2) is 67.6 Å². The van der Waals surface area contributed by atoms with Gasteiger partial charge in [0.15, 0.2) is 0 Å². The lowest BCUT2D eigenvalue weighted by Gasteiger charge is -2.56. The Morgan fingerprint density at radius 2 is 1.87 bits per heavy atom. The first kappa shape index (κ1) is 23.7. The molecule has 1 heterocycles.